The van der Waals surface area contributed by atoms with Gasteiger partial charge < -0.3 is 25.3 Å². The first-order valence-corrected chi connectivity index (χ1v) is 9.54. The fourth-order valence-electron chi connectivity index (χ4n) is 2.33. The number of aldehydes is 1. The van der Waals surface area contributed by atoms with Crippen LogP contribution in [-0.4, -0.2) is 53.5 Å². The molecule has 1 aliphatic heterocycles. The number of methoxy groups -OCH3 is 1. The molecule has 0 saturated heterocycles. The SMILES string of the molecule is COC(=O)CC1=C(C(=O)O)N[C@H]([C@H](C=O)NC(=O)Cc2cccs2)SC1. The van der Waals surface area contributed by atoms with Gasteiger partial charge in [0.05, 0.1) is 20.0 Å². The Kier molecular flexibility index (Phi) is 7.22. The van der Waals surface area contributed by atoms with Gasteiger partial charge in [0.1, 0.15) is 23.4 Å². The number of ether oxygens (including phenoxy) is 1. The number of aliphatic carboxylic acids is 1. The Bertz CT molecular complexity index is 716. The largest absolute Gasteiger partial charge is 0.477 e. The molecule has 0 radical (unpaired) electrons. The normalized spacial score (nSPS) is 17.8. The van der Waals surface area contributed by atoms with Gasteiger partial charge in [-0.15, -0.1) is 23.1 Å². The standard InChI is InChI=1S/C16H18N2O6S2/c1-24-13(21)5-9-8-26-15(18-14(9)16(22)23)11(7-19)17-12(20)6-10-3-2-4-25-10/h2-4,7,11,15,18H,5-6,8H2,1H3,(H,17,20)(H,22,23)/t11-,15-/m0/s1. The number of amides is 1. The van der Waals surface area contributed by atoms with E-state index in [0.29, 0.717) is 11.9 Å². The Morgan fingerprint density at radius 2 is 2.23 bits per heavy atom. The second-order valence-corrected chi connectivity index (χ2v) is 7.56. The van der Waals surface area contributed by atoms with Crippen molar-refractivity contribution in [3.63, 3.8) is 0 Å². The number of hydrogen-bond donors (Lipinski definition) is 3. The van der Waals surface area contributed by atoms with Crippen molar-refractivity contribution in [2.75, 3.05) is 12.9 Å². The summed E-state index contributed by atoms with van der Waals surface area (Å²) < 4.78 is 4.56. The minimum atomic E-state index is -1.23. The first kappa shape index (κ1) is 20.0. The van der Waals surface area contributed by atoms with E-state index in [9.17, 15) is 24.3 Å². The summed E-state index contributed by atoms with van der Waals surface area (Å²) in [4.78, 5) is 47.3. The lowest BCUT2D eigenvalue weighted by Crippen LogP contribution is -2.52. The summed E-state index contributed by atoms with van der Waals surface area (Å²) in [5.74, 6) is -1.87. The Hall–Kier alpha value is -2.33. The molecule has 2 rings (SSSR count). The number of thiophene rings is 1. The summed E-state index contributed by atoms with van der Waals surface area (Å²) in [6, 6.07) is 2.75. The van der Waals surface area contributed by atoms with E-state index >= 15 is 0 Å². The van der Waals surface area contributed by atoms with Crippen LogP contribution in [0.5, 0.6) is 0 Å². The van der Waals surface area contributed by atoms with Crippen LogP contribution in [-0.2, 0) is 30.3 Å². The lowest BCUT2D eigenvalue weighted by Gasteiger charge is -2.30. The molecule has 0 fully saturated rings. The van der Waals surface area contributed by atoms with Gasteiger partial charge in [-0.25, -0.2) is 4.79 Å². The molecule has 0 unspecified atom stereocenters. The Labute approximate surface area is 158 Å². The van der Waals surface area contributed by atoms with Gasteiger partial charge in [0.25, 0.3) is 0 Å². The van der Waals surface area contributed by atoms with Crippen molar-refractivity contribution >= 4 is 47.2 Å². The maximum absolute atomic E-state index is 12.1. The number of carbonyl (C=O) groups is 4. The van der Waals surface area contributed by atoms with Gasteiger partial charge in [-0.2, -0.15) is 0 Å². The predicted octanol–water partition coefficient (Wildman–Crippen LogP) is 0.539. The third-order valence-corrected chi connectivity index (χ3v) is 5.75. The Balaban J connectivity index is 2.05. The first-order valence-electron chi connectivity index (χ1n) is 7.62. The van der Waals surface area contributed by atoms with Gasteiger partial charge in [-0.3, -0.25) is 9.59 Å². The van der Waals surface area contributed by atoms with Crippen molar-refractivity contribution in [1.82, 2.24) is 10.6 Å². The van der Waals surface area contributed by atoms with Crippen LogP contribution in [0.25, 0.3) is 0 Å². The summed E-state index contributed by atoms with van der Waals surface area (Å²) in [5, 5.41) is 15.9. The number of nitrogens with one attached hydrogen (secondary N) is 2. The highest BCUT2D eigenvalue weighted by Gasteiger charge is 2.32. The monoisotopic (exact) mass is 398 g/mol. The second-order valence-electron chi connectivity index (χ2n) is 5.40. The highest BCUT2D eigenvalue weighted by Crippen LogP contribution is 2.26. The van der Waals surface area contributed by atoms with E-state index in [4.69, 9.17) is 0 Å². The van der Waals surface area contributed by atoms with Crippen LogP contribution in [0.3, 0.4) is 0 Å². The lowest BCUT2D eigenvalue weighted by molar-refractivity contribution is -0.139. The number of carboxylic acids is 1. The molecule has 26 heavy (non-hydrogen) atoms. The van der Waals surface area contributed by atoms with Crippen LogP contribution in [0.2, 0.25) is 0 Å². The zero-order chi connectivity index (χ0) is 19.1. The van der Waals surface area contributed by atoms with Gasteiger partial charge >= 0.3 is 11.9 Å². The summed E-state index contributed by atoms with van der Waals surface area (Å²) >= 11 is 2.68. The second kappa shape index (κ2) is 9.39. The topological polar surface area (TPSA) is 122 Å². The van der Waals surface area contributed by atoms with Crippen molar-refractivity contribution in [1.29, 1.82) is 0 Å². The molecular weight excluding hydrogens is 380 g/mol. The van der Waals surface area contributed by atoms with Gasteiger partial charge in [0.2, 0.25) is 5.91 Å². The maximum atomic E-state index is 12.1. The van der Waals surface area contributed by atoms with E-state index in [1.165, 1.54) is 30.2 Å². The van der Waals surface area contributed by atoms with E-state index in [-0.39, 0.29) is 30.2 Å². The van der Waals surface area contributed by atoms with Crippen molar-refractivity contribution in [3.8, 4) is 0 Å². The van der Waals surface area contributed by atoms with Crippen molar-refractivity contribution in [3.05, 3.63) is 33.7 Å². The van der Waals surface area contributed by atoms with Crippen molar-refractivity contribution in [2.45, 2.75) is 24.3 Å². The Morgan fingerprint density at radius 3 is 2.81 bits per heavy atom. The molecule has 1 amide bonds. The summed E-state index contributed by atoms with van der Waals surface area (Å²) in [7, 11) is 1.22. The molecule has 10 heteroatoms. The number of carboxylic acid groups (broad SMARTS) is 1. The number of hydrogen-bond acceptors (Lipinski definition) is 8. The molecule has 0 aliphatic carbocycles. The quantitative estimate of drug-likeness (QED) is 0.428. The molecule has 0 aromatic carbocycles. The third-order valence-electron chi connectivity index (χ3n) is 3.59. The first-order chi connectivity index (χ1) is 12.4. The van der Waals surface area contributed by atoms with E-state index in [0.717, 1.165) is 4.88 Å². The zero-order valence-corrected chi connectivity index (χ0v) is 15.5. The molecule has 1 aromatic heterocycles. The highest BCUT2D eigenvalue weighted by atomic mass is 32.2. The van der Waals surface area contributed by atoms with Crippen LogP contribution in [0.1, 0.15) is 11.3 Å². The van der Waals surface area contributed by atoms with Crippen LogP contribution in [0.4, 0.5) is 0 Å². The third kappa shape index (κ3) is 5.33. The van der Waals surface area contributed by atoms with Crippen LogP contribution in [0, 0.1) is 0 Å². The molecule has 0 spiro atoms. The average Bonchev–Trinajstić information content (AvgIpc) is 3.12. The van der Waals surface area contributed by atoms with E-state index in [1.807, 2.05) is 17.5 Å². The summed E-state index contributed by atoms with van der Waals surface area (Å²) in [6.45, 7) is 0. The van der Waals surface area contributed by atoms with E-state index < -0.39 is 23.4 Å². The van der Waals surface area contributed by atoms with Crippen molar-refractivity contribution in [2.24, 2.45) is 0 Å². The summed E-state index contributed by atoms with van der Waals surface area (Å²) in [6.07, 6.45) is 0.567. The number of esters is 1. The molecule has 140 valence electrons. The zero-order valence-electron chi connectivity index (χ0n) is 13.9. The van der Waals surface area contributed by atoms with Gasteiger partial charge in [-0.05, 0) is 17.0 Å². The molecule has 2 atom stereocenters. The van der Waals surface area contributed by atoms with Crippen molar-refractivity contribution < 1.29 is 29.0 Å². The molecule has 3 N–H and O–H groups in total. The number of rotatable bonds is 8. The number of thioether (sulfide) groups is 1. The van der Waals surface area contributed by atoms with Gasteiger partial charge in [0.15, 0.2) is 0 Å². The Morgan fingerprint density at radius 1 is 1.46 bits per heavy atom. The molecule has 0 saturated carbocycles. The predicted molar refractivity (Wildman–Crippen MR) is 96.7 cm³/mol. The van der Waals surface area contributed by atoms with Crippen LogP contribution >= 0.6 is 23.1 Å². The van der Waals surface area contributed by atoms with Crippen LogP contribution in [0.15, 0.2) is 28.8 Å². The molecule has 8 nitrogen and oxygen atoms in total. The maximum Gasteiger partial charge on any atom is 0.351 e. The highest BCUT2D eigenvalue weighted by molar-refractivity contribution is 8.00. The average molecular weight is 398 g/mol. The number of carbonyl (C=O) groups excluding carboxylic acids is 3. The smallest absolute Gasteiger partial charge is 0.351 e. The van der Waals surface area contributed by atoms with Gasteiger partial charge in [0, 0.05) is 10.6 Å². The fourth-order valence-corrected chi connectivity index (χ4v) is 4.20. The molecule has 0 bridgehead atoms. The summed E-state index contributed by atoms with van der Waals surface area (Å²) in [5.41, 5.74) is 0.235. The lowest BCUT2D eigenvalue weighted by atomic mass is 10.1. The van der Waals surface area contributed by atoms with E-state index in [1.54, 1.807) is 0 Å². The van der Waals surface area contributed by atoms with Gasteiger partial charge in [-0.1, -0.05) is 6.07 Å². The molecular formula is C16H18N2O6S2. The van der Waals surface area contributed by atoms with Crippen LogP contribution < -0.4 is 10.6 Å². The molecule has 1 aliphatic rings. The fraction of sp³-hybridized carbons (Fsp3) is 0.375. The minimum Gasteiger partial charge on any atom is -0.477 e. The molecule has 2 heterocycles. The van der Waals surface area contributed by atoms with E-state index in [2.05, 4.69) is 15.4 Å². The molecule has 1 aromatic rings. The minimum absolute atomic E-state index is 0.140.